The largest absolute Gasteiger partial charge is 0.484 e. The third kappa shape index (κ3) is 1.88. The molecule has 1 aliphatic heterocycles. The van der Waals surface area contributed by atoms with Crippen LogP contribution in [0.25, 0.3) is 0 Å². The zero-order valence-electron chi connectivity index (χ0n) is 8.68. The third-order valence-corrected chi connectivity index (χ3v) is 3.25. The zero-order valence-corrected chi connectivity index (χ0v) is 10.3. The lowest BCUT2D eigenvalue weighted by Crippen LogP contribution is -2.38. The first-order valence-corrected chi connectivity index (χ1v) is 5.62. The Balaban J connectivity index is 2.59. The van der Waals surface area contributed by atoms with E-state index in [1.54, 1.807) is 6.07 Å². The smallest absolute Gasteiger partial charge is 0.165 e. The van der Waals surface area contributed by atoms with Gasteiger partial charge < -0.3 is 10.5 Å². The monoisotopic (exact) mass is 273 g/mol. The summed E-state index contributed by atoms with van der Waals surface area (Å²) in [5, 5.41) is 0. The van der Waals surface area contributed by atoms with E-state index in [0.717, 1.165) is 10.0 Å². The molecule has 2 nitrogen and oxygen atoms in total. The highest BCUT2D eigenvalue weighted by Crippen LogP contribution is 2.43. The summed E-state index contributed by atoms with van der Waals surface area (Å²) in [7, 11) is 0. The fourth-order valence-corrected chi connectivity index (χ4v) is 2.55. The Morgan fingerprint density at radius 1 is 1.53 bits per heavy atom. The van der Waals surface area contributed by atoms with Crippen molar-refractivity contribution in [2.45, 2.75) is 31.9 Å². The summed E-state index contributed by atoms with van der Waals surface area (Å²) in [6, 6.07) is 2.86. The van der Waals surface area contributed by atoms with Crippen molar-refractivity contribution in [3.63, 3.8) is 0 Å². The molecule has 0 bridgehead atoms. The number of rotatable bonds is 0. The van der Waals surface area contributed by atoms with Crippen LogP contribution in [0.5, 0.6) is 5.75 Å². The zero-order chi connectivity index (χ0) is 11.2. The molecule has 1 unspecified atom stereocenters. The molecule has 1 aliphatic rings. The number of nitrogens with two attached hydrogens (primary N) is 1. The van der Waals surface area contributed by atoms with Crippen LogP contribution < -0.4 is 10.5 Å². The van der Waals surface area contributed by atoms with Gasteiger partial charge in [0.1, 0.15) is 5.60 Å². The SMILES string of the molecule is CC1(C)CC(N)c2c(Br)ccc(F)c2O1. The summed E-state index contributed by atoms with van der Waals surface area (Å²) < 4.78 is 20.0. The van der Waals surface area contributed by atoms with E-state index in [1.165, 1.54) is 6.07 Å². The average Bonchev–Trinajstić information content (AvgIpc) is 2.09. The molecule has 2 rings (SSSR count). The van der Waals surface area contributed by atoms with Gasteiger partial charge >= 0.3 is 0 Å². The van der Waals surface area contributed by atoms with Crippen molar-refractivity contribution >= 4 is 15.9 Å². The second-order valence-electron chi connectivity index (χ2n) is 4.44. The normalized spacial score (nSPS) is 23.1. The molecule has 82 valence electrons. The summed E-state index contributed by atoms with van der Waals surface area (Å²) in [6.45, 7) is 3.83. The van der Waals surface area contributed by atoms with Gasteiger partial charge in [-0.05, 0) is 26.0 Å². The van der Waals surface area contributed by atoms with E-state index in [0.29, 0.717) is 6.42 Å². The van der Waals surface area contributed by atoms with Gasteiger partial charge in [0.15, 0.2) is 11.6 Å². The molecule has 15 heavy (non-hydrogen) atoms. The second-order valence-corrected chi connectivity index (χ2v) is 5.30. The Kier molecular flexibility index (Phi) is 2.51. The number of hydrogen-bond acceptors (Lipinski definition) is 2. The molecule has 0 radical (unpaired) electrons. The van der Waals surface area contributed by atoms with E-state index in [2.05, 4.69) is 15.9 Å². The van der Waals surface area contributed by atoms with Gasteiger partial charge in [0.25, 0.3) is 0 Å². The Labute approximate surface area is 96.7 Å². The van der Waals surface area contributed by atoms with Gasteiger partial charge in [-0.2, -0.15) is 0 Å². The van der Waals surface area contributed by atoms with Gasteiger partial charge in [0.05, 0.1) is 0 Å². The molecule has 1 aromatic carbocycles. The molecule has 2 N–H and O–H groups in total. The van der Waals surface area contributed by atoms with Crippen LogP contribution in [-0.4, -0.2) is 5.60 Å². The van der Waals surface area contributed by atoms with Crippen LogP contribution in [0, 0.1) is 5.82 Å². The van der Waals surface area contributed by atoms with Gasteiger partial charge in [-0.1, -0.05) is 15.9 Å². The molecule has 1 heterocycles. The minimum Gasteiger partial charge on any atom is -0.484 e. The minimum absolute atomic E-state index is 0.186. The van der Waals surface area contributed by atoms with Crippen molar-refractivity contribution in [2.24, 2.45) is 5.73 Å². The predicted octanol–water partition coefficient (Wildman–Crippen LogP) is 3.15. The lowest BCUT2D eigenvalue weighted by molar-refractivity contribution is 0.0671. The van der Waals surface area contributed by atoms with Crippen LogP contribution in [0.1, 0.15) is 31.9 Å². The summed E-state index contributed by atoms with van der Waals surface area (Å²) in [5.74, 6) is -0.0652. The molecule has 0 saturated carbocycles. The molecule has 1 aromatic rings. The quantitative estimate of drug-likeness (QED) is 0.788. The molecule has 0 spiro atoms. The van der Waals surface area contributed by atoms with Gasteiger partial charge in [-0.3, -0.25) is 0 Å². The Bertz CT molecular complexity index is 406. The highest BCUT2D eigenvalue weighted by Gasteiger charge is 2.34. The summed E-state index contributed by atoms with van der Waals surface area (Å²) >= 11 is 3.37. The predicted molar refractivity (Wildman–Crippen MR) is 60.4 cm³/mol. The van der Waals surface area contributed by atoms with Crippen LogP contribution in [0.2, 0.25) is 0 Å². The van der Waals surface area contributed by atoms with Gasteiger partial charge in [0.2, 0.25) is 0 Å². The molecule has 0 aliphatic carbocycles. The fourth-order valence-electron chi connectivity index (χ4n) is 1.95. The molecule has 1 atom stereocenters. The molecular formula is C11H13BrFNO. The summed E-state index contributed by atoms with van der Waals surface area (Å²) in [6.07, 6.45) is 0.683. The topological polar surface area (TPSA) is 35.2 Å². The van der Waals surface area contributed by atoms with E-state index < -0.39 is 5.60 Å². The highest BCUT2D eigenvalue weighted by atomic mass is 79.9. The Morgan fingerprint density at radius 3 is 2.87 bits per heavy atom. The van der Waals surface area contributed by atoms with Crippen molar-refractivity contribution in [1.82, 2.24) is 0 Å². The average molecular weight is 274 g/mol. The van der Waals surface area contributed by atoms with Crippen molar-refractivity contribution in [3.8, 4) is 5.75 Å². The van der Waals surface area contributed by atoms with E-state index >= 15 is 0 Å². The number of hydrogen-bond donors (Lipinski definition) is 1. The molecule has 0 aromatic heterocycles. The number of fused-ring (bicyclic) bond motifs is 1. The maximum atomic E-state index is 13.6. The van der Waals surface area contributed by atoms with Crippen LogP contribution in [0.3, 0.4) is 0 Å². The lowest BCUT2D eigenvalue weighted by Gasteiger charge is -2.36. The van der Waals surface area contributed by atoms with Gasteiger partial charge in [-0.25, -0.2) is 4.39 Å². The van der Waals surface area contributed by atoms with Gasteiger partial charge in [0, 0.05) is 22.5 Å². The number of ether oxygens (including phenoxy) is 1. The fraction of sp³-hybridized carbons (Fsp3) is 0.455. The minimum atomic E-state index is -0.409. The standard InChI is InChI=1S/C11H13BrFNO/c1-11(2)5-8(14)9-6(12)3-4-7(13)10(9)15-11/h3-4,8H,5,14H2,1-2H3. The molecular weight excluding hydrogens is 261 g/mol. The van der Waals surface area contributed by atoms with Crippen LogP contribution >= 0.6 is 15.9 Å². The van der Waals surface area contributed by atoms with Crippen LogP contribution in [0.4, 0.5) is 4.39 Å². The van der Waals surface area contributed by atoms with Crippen LogP contribution in [-0.2, 0) is 0 Å². The highest BCUT2D eigenvalue weighted by molar-refractivity contribution is 9.10. The molecule has 0 fully saturated rings. The van der Waals surface area contributed by atoms with E-state index in [-0.39, 0.29) is 17.6 Å². The van der Waals surface area contributed by atoms with Crippen molar-refractivity contribution in [2.75, 3.05) is 0 Å². The third-order valence-electron chi connectivity index (χ3n) is 2.56. The van der Waals surface area contributed by atoms with Crippen molar-refractivity contribution in [1.29, 1.82) is 0 Å². The maximum Gasteiger partial charge on any atom is 0.165 e. The molecule has 4 heteroatoms. The number of halogens is 2. The van der Waals surface area contributed by atoms with E-state index in [1.807, 2.05) is 13.8 Å². The first-order chi connectivity index (χ1) is 6.91. The maximum absolute atomic E-state index is 13.6. The molecule has 0 amide bonds. The van der Waals surface area contributed by atoms with Crippen molar-refractivity contribution < 1.29 is 9.13 Å². The second kappa shape index (κ2) is 3.46. The number of benzene rings is 1. The molecule has 0 saturated heterocycles. The van der Waals surface area contributed by atoms with Gasteiger partial charge in [-0.15, -0.1) is 0 Å². The summed E-state index contributed by atoms with van der Waals surface area (Å²) in [5.41, 5.74) is 6.34. The summed E-state index contributed by atoms with van der Waals surface area (Å²) in [4.78, 5) is 0. The van der Waals surface area contributed by atoms with Crippen molar-refractivity contribution in [3.05, 3.63) is 28.0 Å². The lowest BCUT2D eigenvalue weighted by atomic mass is 9.90. The first-order valence-electron chi connectivity index (χ1n) is 4.83. The Morgan fingerprint density at radius 2 is 2.20 bits per heavy atom. The first kappa shape index (κ1) is 10.9. The van der Waals surface area contributed by atoms with Crippen LogP contribution in [0.15, 0.2) is 16.6 Å². The Hall–Kier alpha value is -0.610. The van der Waals surface area contributed by atoms with E-state index in [4.69, 9.17) is 10.5 Å². The van der Waals surface area contributed by atoms with E-state index in [9.17, 15) is 4.39 Å².